The third-order valence-electron chi connectivity index (χ3n) is 7.88. The van der Waals surface area contributed by atoms with Crippen LogP contribution in [-0.4, -0.2) is 56.1 Å². The molecule has 0 radical (unpaired) electrons. The van der Waals surface area contributed by atoms with E-state index in [1.807, 2.05) is 30.3 Å². The molecule has 11 nitrogen and oxygen atoms in total. The van der Waals surface area contributed by atoms with Gasteiger partial charge in [0.15, 0.2) is 9.84 Å². The Bertz CT molecular complexity index is 1870. The van der Waals surface area contributed by atoms with Crippen LogP contribution in [0.1, 0.15) is 35.6 Å². The van der Waals surface area contributed by atoms with Crippen LogP contribution in [0.3, 0.4) is 0 Å². The van der Waals surface area contributed by atoms with Crippen molar-refractivity contribution < 1.29 is 27.5 Å². The SMILES string of the molecule is COc1ccc2cc1COCC(=O)Nc1ccc(S(=O)(=O)C3CC3)c(c1)CN(C)C(=O)[C@@H]2Nc1ccc2c(N)nccc2c1. The second-order valence-corrected chi connectivity index (χ2v) is 13.3. The number of nitrogens with one attached hydrogen (secondary N) is 2. The maximum absolute atomic E-state index is 14.3. The van der Waals surface area contributed by atoms with Gasteiger partial charge in [0, 0.05) is 42.1 Å². The number of anilines is 3. The Kier molecular flexibility index (Phi) is 7.87. The van der Waals surface area contributed by atoms with Crippen molar-refractivity contribution in [3.63, 3.8) is 0 Å². The second kappa shape index (κ2) is 11.8. The maximum Gasteiger partial charge on any atom is 0.250 e. The monoisotopic (exact) mass is 615 g/mol. The molecule has 4 aromatic rings. The molecular formula is C32H33N5O6S. The highest BCUT2D eigenvalue weighted by atomic mass is 32.2. The highest BCUT2D eigenvalue weighted by Crippen LogP contribution is 2.37. The van der Waals surface area contributed by atoms with Crippen LogP contribution in [0.2, 0.25) is 0 Å². The molecule has 3 aromatic carbocycles. The number of hydrogen-bond donors (Lipinski definition) is 3. The fraction of sp³-hybridized carbons (Fsp3) is 0.281. The third kappa shape index (κ3) is 5.90. The zero-order chi connectivity index (χ0) is 31.0. The summed E-state index contributed by atoms with van der Waals surface area (Å²) in [5.41, 5.74) is 8.85. The number of nitrogen functional groups attached to an aromatic ring is 1. The van der Waals surface area contributed by atoms with Crippen molar-refractivity contribution in [2.75, 3.05) is 37.1 Å². The Morgan fingerprint density at radius 1 is 1.02 bits per heavy atom. The Morgan fingerprint density at radius 3 is 2.61 bits per heavy atom. The standard InChI is InChI=1S/C32H33N5O6S/c1-37-16-21-15-23(5-10-28(21)44(40,41)25-6-7-25)35-29(38)18-43-17-22-13-20(3-9-27(22)42-2)30(32(37)39)36-24-4-8-26-19(14-24)11-12-34-31(26)33/h3-5,8-15,25,30,36H,6-7,16-18H2,1-2H3,(H2,33,34)(H,35,38)/t30-/m1/s1. The van der Waals surface area contributed by atoms with Gasteiger partial charge in [-0.3, -0.25) is 9.59 Å². The van der Waals surface area contributed by atoms with E-state index in [4.69, 9.17) is 15.2 Å². The molecule has 2 aliphatic rings. The summed E-state index contributed by atoms with van der Waals surface area (Å²) in [6, 6.07) is 16.6. The molecule has 1 fully saturated rings. The van der Waals surface area contributed by atoms with E-state index in [1.54, 1.807) is 37.5 Å². The van der Waals surface area contributed by atoms with E-state index in [1.165, 1.54) is 18.1 Å². The van der Waals surface area contributed by atoms with Crippen LogP contribution >= 0.6 is 0 Å². The summed E-state index contributed by atoms with van der Waals surface area (Å²) >= 11 is 0. The minimum atomic E-state index is -3.59. The first-order valence-corrected chi connectivity index (χ1v) is 15.8. The van der Waals surface area contributed by atoms with Crippen molar-refractivity contribution in [3.8, 4) is 5.75 Å². The lowest BCUT2D eigenvalue weighted by Gasteiger charge is -2.27. The van der Waals surface area contributed by atoms with Crippen LogP contribution in [0, 0.1) is 0 Å². The van der Waals surface area contributed by atoms with Crippen LogP contribution < -0.4 is 21.1 Å². The quantitative estimate of drug-likeness (QED) is 0.302. The normalized spacial score (nSPS) is 17.9. The van der Waals surface area contributed by atoms with Crippen LogP contribution in [0.4, 0.5) is 17.2 Å². The number of rotatable bonds is 5. The molecule has 4 N–H and O–H groups in total. The molecular weight excluding hydrogens is 582 g/mol. The van der Waals surface area contributed by atoms with E-state index in [-0.39, 0.29) is 30.6 Å². The topological polar surface area (TPSA) is 153 Å². The minimum Gasteiger partial charge on any atom is -0.496 e. The van der Waals surface area contributed by atoms with E-state index < -0.39 is 27.0 Å². The number of sulfone groups is 1. The lowest BCUT2D eigenvalue weighted by molar-refractivity contribution is -0.131. The lowest BCUT2D eigenvalue weighted by atomic mass is 10.0. The van der Waals surface area contributed by atoms with Crippen molar-refractivity contribution in [1.29, 1.82) is 0 Å². The predicted molar refractivity (Wildman–Crippen MR) is 167 cm³/mol. The van der Waals surface area contributed by atoms with Crippen molar-refractivity contribution in [1.82, 2.24) is 9.88 Å². The molecule has 1 aromatic heterocycles. The number of carbonyl (C=O) groups excluding carboxylic acids is 2. The fourth-order valence-corrected chi connectivity index (χ4v) is 7.32. The predicted octanol–water partition coefficient (Wildman–Crippen LogP) is 4.04. The number of nitrogens with two attached hydrogens (primary N) is 1. The minimum absolute atomic E-state index is 0.00143. The maximum atomic E-state index is 14.3. The number of pyridine rings is 1. The van der Waals surface area contributed by atoms with Crippen molar-refractivity contribution >= 4 is 49.6 Å². The molecule has 0 saturated heterocycles. The van der Waals surface area contributed by atoms with Gasteiger partial charge in [-0.1, -0.05) is 6.07 Å². The highest BCUT2D eigenvalue weighted by molar-refractivity contribution is 7.92. The molecule has 2 amide bonds. The average molecular weight is 616 g/mol. The van der Waals surface area contributed by atoms with E-state index in [9.17, 15) is 18.0 Å². The number of methoxy groups -OCH3 is 1. The Labute approximate surface area is 255 Å². The summed E-state index contributed by atoms with van der Waals surface area (Å²) in [6.45, 7) is -0.172. The molecule has 4 bridgehead atoms. The number of hydrogen-bond acceptors (Lipinski definition) is 9. The summed E-state index contributed by atoms with van der Waals surface area (Å²) in [7, 11) is -0.415. The molecule has 1 aliphatic carbocycles. The van der Waals surface area contributed by atoms with Gasteiger partial charge in [0.1, 0.15) is 24.2 Å². The van der Waals surface area contributed by atoms with Crippen LogP contribution in [0.5, 0.6) is 5.75 Å². The Morgan fingerprint density at radius 2 is 1.84 bits per heavy atom. The smallest absolute Gasteiger partial charge is 0.250 e. The van der Waals surface area contributed by atoms with Gasteiger partial charge in [0.25, 0.3) is 0 Å². The number of likely N-dealkylation sites (N-methyl/N-ethyl adjacent to an activating group) is 1. The molecule has 1 aliphatic heterocycles. The molecule has 228 valence electrons. The van der Waals surface area contributed by atoms with Gasteiger partial charge in [-0.15, -0.1) is 0 Å². The molecule has 44 heavy (non-hydrogen) atoms. The number of aromatic nitrogens is 1. The number of benzene rings is 3. The second-order valence-electron chi connectivity index (χ2n) is 11.1. The zero-order valence-corrected chi connectivity index (χ0v) is 25.2. The lowest BCUT2D eigenvalue weighted by Crippen LogP contribution is -2.35. The molecule has 0 unspecified atom stereocenters. The molecule has 12 heteroatoms. The fourth-order valence-electron chi connectivity index (χ4n) is 5.46. The first-order valence-electron chi connectivity index (χ1n) is 14.2. The van der Waals surface area contributed by atoms with Crippen molar-refractivity contribution in [2.24, 2.45) is 0 Å². The van der Waals surface area contributed by atoms with Gasteiger partial charge in [-0.25, -0.2) is 13.4 Å². The van der Waals surface area contributed by atoms with Crippen molar-refractivity contribution in [3.05, 3.63) is 83.6 Å². The largest absolute Gasteiger partial charge is 0.496 e. The molecule has 6 rings (SSSR count). The van der Waals surface area contributed by atoms with E-state index in [0.29, 0.717) is 52.5 Å². The first kappa shape index (κ1) is 29.4. The van der Waals surface area contributed by atoms with E-state index in [2.05, 4.69) is 15.6 Å². The number of ether oxygens (including phenoxy) is 2. The van der Waals surface area contributed by atoms with Crippen LogP contribution in [0.15, 0.2) is 71.8 Å². The number of carbonyl (C=O) groups is 2. The van der Waals surface area contributed by atoms with Crippen molar-refractivity contribution in [2.45, 2.75) is 42.2 Å². The summed E-state index contributed by atoms with van der Waals surface area (Å²) in [5.74, 6) is 0.268. The molecule has 0 spiro atoms. The number of amides is 2. The molecule has 1 saturated carbocycles. The summed E-state index contributed by atoms with van der Waals surface area (Å²) in [4.78, 5) is 32.8. The summed E-state index contributed by atoms with van der Waals surface area (Å²) < 4.78 is 38.0. The van der Waals surface area contributed by atoms with E-state index in [0.717, 1.165) is 10.8 Å². The molecule has 2 heterocycles. The number of nitrogens with zero attached hydrogens (tertiary/aromatic N) is 2. The van der Waals surface area contributed by atoms with Crippen LogP contribution in [0.25, 0.3) is 10.8 Å². The summed E-state index contributed by atoms with van der Waals surface area (Å²) in [6.07, 6.45) is 2.83. The number of fused-ring (bicyclic) bond motifs is 5. The van der Waals surface area contributed by atoms with Gasteiger partial charge >= 0.3 is 0 Å². The van der Waals surface area contributed by atoms with E-state index >= 15 is 0 Å². The summed E-state index contributed by atoms with van der Waals surface area (Å²) in [5, 5.41) is 7.37. The van der Waals surface area contributed by atoms with Gasteiger partial charge in [0.2, 0.25) is 11.8 Å². The first-order chi connectivity index (χ1) is 21.1. The average Bonchev–Trinajstić information content (AvgIpc) is 3.86. The van der Waals surface area contributed by atoms with Gasteiger partial charge in [-0.2, -0.15) is 0 Å². The zero-order valence-electron chi connectivity index (χ0n) is 24.4. The highest BCUT2D eigenvalue weighted by Gasteiger charge is 2.38. The molecule has 1 atom stereocenters. The van der Waals surface area contributed by atoms with Gasteiger partial charge in [0.05, 0.1) is 23.9 Å². The Balaban J connectivity index is 1.43. The van der Waals surface area contributed by atoms with Crippen LogP contribution in [-0.2, 0) is 37.3 Å². The van der Waals surface area contributed by atoms with Gasteiger partial charge in [-0.05, 0) is 84.0 Å². The third-order valence-corrected chi connectivity index (χ3v) is 10.2. The Hall–Kier alpha value is -4.68. The van der Waals surface area contributed by atoms with Gasteiger partial charge < -0.3 is 30.7 Å².